The van der Waals surface area contributed by atoms with Gasteiger partial charge in [-0.25, -0.2) is 9.79 Å². The molecule has 2 N–H and O–H groups in total. The number of carboxylic acids is 1. The summed E-state index contributed by atoms with van der Waals surface area (Å²) in [5, 5.41) is 21.3. The van der Waals surface area contributed by atoms with Crippen molar-refractivity contribution in [3.8, 4) is 17.4 Å². The molecule has 156 valence electrons. The summed E-state index contributed by atoms with van der Waals surface area (Å²) in [5.74, 6) is -1.04. The van der Waals surface area contributed by atoms with E-state index in [-0.39, 0.29) is 21.3 Å². The van der Waals surface area contributed by atoms with Gasteiger partial charge in [0.1, 0.15) is 19.3 Å². The van der Waals surface area contributed by atoms with Crippen molar-refractivity contribution in [3.63, 3.8) is 0 Å². The van der Waals surface area contributed by atoms with Crippen molar-refractivity contribution in [2.75, 3.05) is 13.2 Å². The van der Waals surface area contributed by atoms with Gasteiger partial charge in [0.2, 0.25) is 5.88 Å². The molecular weight excluding hydrogens is 428 g/mol. The number of carbonyl (C=O) groups excluding carboxylic acids is 1. The van der Waals surface area contributed by atoms with Gasteiger partial charge in [-0.1, -0.05) is 13.8 Å². The van der Waals surface area contributed by atoms with Crippen molar-refractivity contribution in [2.45, 2.75) is 19.9 Å². The van der Waals surface area contributed by atoms with E-state index in [9.17, 15) is 19.8 Å². The van der Waals surface area contributed by atoms with E-state index in [1.807, 2.05) is 0 Å². The molecule has 1 amide bonds. The van der Waals surface area contributed by atoms with Crippen molar-refractivity contribution in [1.29, 1.82) is 0 Å². The molecule has 1 aromatic heterocycles. The van der Waals surface area contributed by atoms with Crippen LogP contribution in [0.5, 0.6) is 17.4 Å². The summed E-state index contributed by atoms with van der Waals surface area (Å²) in [7, 11) is 0. The molecule has 2 aliphatic rings. The van der Waals surface area contributed by atoms with Gasteiger partial charge >= 0.3 is 5.97 Å². The third-order valence-corrected chi connectivity index (χ3v) is 6.10. The van der Waals surface area contributed by atoms with Gasteiger partial charge in [0.15, 0.2) is 15.5 Å². The maximum atomic E-state index is 12.5. The molecule has 10 heteroatoms. The number of aromatic hydroxyl groups is 1. The second-order valence-corrected chi connectivity index (χ2v) is 8.84. The van der Waals surface area contributed by atoms with Crippen LogP contribution in [-0.4, -0.2) is 39.9 Å². The zero-order valence-corrected chi connectivity index (χ0v) is 17.7. The lowest BCUT2D eigenvalue weighted by atomic mass is 10.0. The average molecular weight is 447 g/mol. The van der Waals surface area contributed by atoms with E-state index in [1.165, 1.54) is 10.6 Å². The van der Waals surface area contributed by atoms with E-state index < -0.39 is 17.9 Å². The number of carbonyl (C=O) groups is 2. The van der Waals surface area contributed by atoms with Crippen molar-refractivity contribution >= 4 is 47.6 Å². The zero-order chi connectivity index (χ0) is 21.6. The highest BCUT2D eigenvalue weighted by Gasteiger charge is 2.28. The average Bonchev–Trinajstić information content (AvgIpc) is 2.94. The summed E-state index contributed by atoms with van der Waals surface area (Å²) >= 11 is 6.32. The molecule has 0 fully saturated rings. The predicted octanol–water partition coefficient (Wildman–Crippen LogP) is 2.06. The molecule has 0 radical (unpaired) electrons. The zero-order valence-electron chi connectivity index (χ0n) is 16.1. The van der Waals surface area contributed by atoms with E-state index in [4.69, 9.17) is 21.7 Å². The minimum atomic E-state index is -1.09. The lowest BCUT2D eigenvalue weighted by Crippen LogP contribution is -2.32. The second-order valence-electron chi connectivity index (χ2n) is 7.17. The summed E-state index contributed by atoms with van der Waals surface area (Å²) < 4.78 is 12.5. The Balaban J connectivity index is 1.81. The first-order valence-electron chi connectivity index (χ1n) is 9.19. The van der Waals surface area contributed by atoms with Crippen LogP contribution in [0.15, 0.2) is 22.7 Å². The van der Waals surface area contributed by atoms with Gasteiger partial charge in [-0.05, 0) is 36.4 Å². The Labute approximate surface area is 180 Å². The molecule has 0 bridgehead atoms. The van der Waals surface area contributed by atoms with Gasteiger partial charge in [0.05, 0.1) is 10.2 Å². The number of fused-ring (bicyclic) bond motifs is 2. The Bertz CT molecular complexity index is 1270. The van der Waals surface area contributed by atoms with Crippen LogP contribution in [0.1, 0.15) is 24.8 Å². The van der Waals surface area contributed by atoms with Crippen LogP contribution < -0.4 is 20.0 Å². The molecule has 1 unspecified atom stereocenters. The molecule has 3 heterocycles. The monoisotopic (exact) mass is 446 g/mol. The standard InChI is InChI=1S/C20H18N2O6S2/c1-9(2)16(19(25)26)22-18(24)15(30-20(22)29)7-11-5-10-6-13-14(28-4-3-27-13)8-12(10)21-17(11)23/h5-9,16,24H,3-4H2,1-2H3,(H,25,26). The SMILES string of the molecule is CC(C)C(C(=O)O)n1c(O)c(C=C2C=c3cc4c(cc3=NC2=O)OCCO4)sc1=S. The summed E-state index contributed by atoms with van der Waals surface area (Å²) in [6, 6.07) is 2.40. The number of benzene rings is 1. The highest BCUT2D eigenvalue weighted by molar-refractivity contribution is 7.73. The molecule has 30 heavy (non-hydrogen) atoms. The number of hydrogen-bond acceptors (Lipinski definition) is 7. The largest absolute Gasteiger partial charge is 0.493 e. The summed E-state index contributed by atoms with van der Waals surface area (Å²) in [6.45, 7) is 4.34. The van der Waals surface area contributed by atoms with Crippen LogP contribution >= 0.6 is 23.6 Å². The first-order valence-corrected chi connectivity index (χ1v) is 10.4. The van der Waals surface area contributed by atoms with Gasteiger partial charge in [-0.3, -0.25) is 9.36 Å². The highest BCUT2D eigenvalue weighted by atomic mass is 32.1. The summed E-state index contributed by atoms with van der Waals surface area (Å²) in [4.78, 5) is 28.6. The molecule has 1 atom stereocenters. The fourth-order valence-electron chi connectivity index (χ4n) is 3.38. The van der Waals surface area contributed by atoms with Gasteiger partial charge in [-0.2, -0.15) is 0 Å². The number of carboxylic acid groups (broad SMARTS) is 1. The van der Waals surface area contributed by atoms with Crippen molar-refractivity contribution < 1.29 is 29.3 Å². The van der Waals surface area contributed by atoms with Gasteiger partial charge in [0, 0.05) is 16.9 Å². The summed E-state index contributed by atoms with van der Waals surface area (Å²) in [5.41, 5.74) is 0.245. The number of ether oxygens (including phenoxy) is 2. The molecule has 0 aliphatic carbocycles. The van der Waals surface area contributed by atoms with Gasteiger partial charge in [0.25, 0.3) is 5.91 Å². The molecule has 0 spiro atoms. The molecule has 2 aliphatic heterocycles. The predicted molar refractivity (Wildman–Crippen MR) is 112 cm³/mol. The normalized spacial score (nSPS) is 17.3. The van der Waals surface area contributed by atoms with E-state index in [2.05, 4.69) is 4.99 Å². The maximum absolute atomic E-state index is 12.5. The van der Waals surface area contributed by atoms with E-state index in [0.29, 0.717) is 40.2 Å². The first kappa shape index (κ1) is 20.3. The van der Waals surface area contributed by atoms with Crippen LogP contribution in [-0.2, 0) is 9.59 Å². The smallest absolute Gasteiger partial charge is 0.327 e. The van der Waals surface area contributed by atoms with Gasteiger partial charge in [-0.15, -0.1) is 11.3 Å². The number of aromatic nitrogens is 1. The number of hydrogen-bond donors (Lipinski definition) is 2. The van der Waals surface area contributed by atoms with Gasteiger partial charge < -0.3 is 19.7 Å². The Morgan fingerprint density at radius 1 is 1.30 bits per heavy atom. The number of thiazole rings is 1. The number of nitrogens with zero attached hydrogens (tertiary/aromatic N) is 2. The second kappa shape index (κ2) is 7.69. The van der Waals surface area contributed by atoms with Crippen LogP contribution in [0.25, 0.3) is 12.2 Å². The third kappa shape index (κ3) is 3.52. The minimum Gasteiger partial charge on any atom is -0.493 e. The molecule has 4 rings (SSSR count). The molecule has 1 aromatic carbocycles. The Hall–Kier alpha value is -2.98. The highest BCUT2D eigenvalue weighted by Crippen LogP contribution is 2.34. The van der Waals surface area contributed by atoms with Crippen LogP contribution in [0.3, 0.4) is 0 Å². The van der Waals surface area contributed by atoms with Crippen molar-refractivity contribution in [1.82, 2.24) is 4.57 Å². The van der Waals surface area contributed by atoms with Crippen LogP contribution in [0, 0.1) is 9.87 Å². The Morgan fingerprint density at radius 2 is 1.97 bits per heavy atom. The number of amides is 1. The topological polar surface area (TPSA) is 110 Å². The minimum absolute atomic E-state index is 0.209. The fourth-order valence-corrected chi connectivity index (χ4v) is 4.71. The Morgan fingerprint density at radius 3 is 2.60 bits per heavy atom. The van der Waals surface area contributed by atoms with E-state index in [1.54, 1.807) is 32.1 Å². The Kier molecular flexibility index (Phi) is 5.20. The van der Waals surface area contributed by atoms with E-state index >= 15 is 0 Å². The van der Waals surface area contributed by atoms with Crippen LogP contribution in [0.2, 0.25) is 0 Å². The van der Waals surface area contributed by atoms with Crippen molar-refractivity contribution in [3.05, 3.63) is 37.1 Å². The molecule has 2 aromatic rings. The maximum Gasteiger partial charge on any atom is 0.327 e. The molecule has 0 saturated carbocycles. The number of rotatable bonds is 4. The first-order chi connectivity index (χ1) is 14.3. The lowest BCUT2D eigenvalue weighted by Gasteiger charge is -2.18. The summed E-state index contributed by atoms with van der Waals surface area (Å²) in [6.07, 6.45) is 3.11. The lowest BCUT2D eigenvalue weighted by molar-refractivity contribution is -0.142. The van der Waals surface area contributed by atoms with Crippen LogP contribution in [0.4, 0.5) is 0 Å². The van der Waals surface area contributed by atoms with E-state index in [0.717, 1.165) is 11.3 Å². The van der Waals surface area contributed by atoms with Crippen molar-refractivity contribution in [2.24, 2.45) is 10.9 Å². The quantitative estimate of drug-likeness (QED) is 0.546. The molecule has 0 saturated heterocycles. The number of aliphatic carboxylic acids is 1. The third-order valence-electron chi connectivity index (χ3n) is 4.76. The fraction of sp³-hybridized carbons (Fsp3) is 0.300. The molecular formula is C20H18N2O6S2. The molecule has 8 nitrogen and oxygen atoms in total.